The smallest absolute Gasteiger partial charge is 0.419 e. The van der Waals surface area contributed by atoms with Crippen molar-refractivity contribution in [2.75, 3.05) is 7.11 Å². The van der Waals surface area contributed by atoms with Crippen molar-refractivity contribution in [2.24, 2.45) is 50.2 Å². The topological polar surface area (TPSA) is 60.4 Å². The number of ketones is 2. The van der Waals surface area contributed by atoms with Gasteiger partial charge in [-0.25, -0.2) is 0 Å². The number of allylic oxidation sites excluding steroid dienone is 4. The van der Waals surface area contributed by atoms with Gasteiger partial charge in [-0.15, -0.1) is 0 Å². The Labute approximate surface area is 230 Å². The van der Waals surface area contributed by atoms with Gasteiger partial charge in [-0.05, 0) is 79.1 Å². The first-order valence-electron chi connectivity index (χ1n) is 14.4. The molecule has 2 unspecified atom stereocenters. The second-order valence-corrected chi connectivity index (χ2v) is 15.3. The van der Waals surface area contributed by atoms with Crippen LogP contribution >= 0.6 is 0 Å². The van der Waals surface area contributed by atoms with Crippen molar-refractivity contribution in [1.29, 1.82) is 0 Å². The van der Waals surface area contributed by atoms with E-state index < -0.39 is 50.5 Å². The zero-order valence-electron chi connectivity index (χ0n) is 24.6. The van der Waals surface area contributed by atoms with Gasteiger partial charge >= 0.3 is 12.1 Å². The van der Waals surface area contributed by atoms with Gasteiger partial charge in [-0.2, -0.15) is 13.2 Å². The second kappa shape index (κ2) is 8.09. The lowest BCUT2D eigenvalue weighted by Gasteiger charge is -2.68. The van der Waals surface area contributed by atoms with E-state index in [4.69, 9.17) is 4.74 Å². The number of Topliss-reactive ketones (excluding diaryl/α,β-unsaturated/α-hetero) is 1. The number of hydrogen-bond donors (Lipinski definition) is 0. The summed E-state index contributed by atoms with van der Waals surface area (Å²) in [6.07, 6.45) is 2.83. The molecule has 39 heavy (non-hydrogen) atoms. The Morgan fingerprint density at radius 1 is 0.949 bits per heavy atom. The van der Waals surface area contributed by atoms with Crippen molar-refractivity contribution >= 4 is 17.5 Å². The van der Waals surface area contributed by atoms with Gasteiger partial charge in [0.15, 0.2) is 11.6 Å². The van der Waals surface area contributed by atoms with E-state index in [9.17, 15) is 27.6 Å². The van der Waals surface area contributed by atoms with Crippen LogP contribution in [0.1, 0.15) is 93.4 Å². The Morgan fingerprint density at radius 3 is 2.15 bits per heavy atom. The average molecular weight is 549 g/mol. The molecule has 5 aliphatic rings. The van der Waals surface area contributed by atoms with Gasteiger partial charge in [0.25, 0.3) is 0 Å². The lowest BCUT2D eigenvalue weighted by Crippen LogP contribution is -2.66. The minimum Gasteiger partial charge on any atom is -0.469 e. The fourth-order valence-electron chi connectivity index (χ4n) is 10.3. The van der Waals surface area contributed by atoms with Crippen molar-refractivity contribution in [3.8, 4) is 0 Å². The van der Waals surface area contributed by atoms with Crippen LogP contribution in [0.25, 0.3) is 0 Å². The SMILES string of the molecule is COC(=O)[C@]12CCC(C)(C)CC1C1C(=O)C=C3[C@@]4(C)C=C(C(F)(F)F)C(=O)C(C)(C)[C@@H]4CC[C@@]3(C)[C@]1(C)CC2. The van der Waals surface area contributed by atoms with Crippen molar-refractivity contribution in [1.82, 2.24) is 0 Å². The summed E-state index contributed by atoms with van der Waals surface area (Å²) in [6.45, 7) is 13.7. The first kappa shape index (κ1) is 28.6. The Balaban J connectivity index is 1.71. The van der Waals surface area contributed by atoms with Gasteiger partial charge < -0.3 is 4.74 Å². The van der Waals surface area contributed by atoms with E-state index in [0.717, 1.165) is 24.5 Å². The molecule has 0 saturated heterocycles. The molecule has 216 valence electrons. The Morgan fingerprint density at radius 2 is 1.56 bits per heavy atom. The predicted molar refractivity (Wildman–Crippen MR) is 141 cm³/mol. The van der Waals surface area contributed by atoms with Crippen LogP contribution in [0.5, 0.6) is 0 Å². The molecule has 0 aliphatic heterocycles. The van der Waals surface area contributed by atoms with Gasteiger partial charge in [0, 0.05) is 16.7 Å². The summed E-state index contributed by atoms with van der Waals surface area (Å²) in [4.78, 5) is 40.8. The highest BCUT2D eigenvalue weighted by atomic mass is 19.4. The Kier molecular flexibility index (Phi) is 5.93. The summed E-state index contributed by atoms with van der Waals surface area (Å²) in [7, 11) is 1.42. The molecule has 3 saturated carbocycles. The minimum absolute atomic E-state index is 0.0344. The van der Waals surface area contributed by atoms with Crippen molar-refractivity contribution in [3.63, 3.8) is 0 Å². The molecule has 0 aromatic heterocycles. The summed E-state index contributed by atoms with van der Waals surface area (Å²) in [5.74, 6) is -2.13. The minimum atomic E-state index is -4.76. The number of carbonyl (C=O) groups excluding carboxylic acids is 3. The standard InChI is InChI=1S/C32H43F3O4/c1-26(2)11-13-31(25(38)39-8)14-12-30(7)23(18(31)16-26)20(36)15-22-28(5)17-19(32(33,34)35)24(37)27(3,4)21(28)9-10-29(22,30)6/h15,17-18,21,23H,9-14,16H2,1-8H3/t18?,21-,23?,28-,29+,30+,31-/m0/s1. The zero-order chi connectivity index (χ0) is 29.2. The molecule has 5 rings (SSSR count). The molecule has 5 aliphatic carbocycles. The molecule has 0 radical (unpaired) electrons. The molecule has 0 aromatic carbocycles. The van der Waals surface area contributed by atoms with Crippen molar-refractivity contribution in [2.45, 2.75) is 99.6 Å². The van der Waals surface area contributed by atoms with Gasteiger partial charge in [-0.3, -0.25) is 14.4 Å². The predicted octanol–water partition coefficient (Wildman–Crippen LogP) is 7.42. The molecule has 0 amide bonds. The summed E-state index contributed by atoms with van der Waals surface area (Å²) < 4.78 is 47.9. The maximum absolute atomic E-state index is 14.3. The van der Waals surface area contributed by atoms with Gasteiger partial charge in [0.1, 0.15) is 0 Å². The molecule has 0 N–H and O–H groups in total. The number of hydrogen-bond acceptors (Lipinski definition) is 4. The largest absolute Gasteiger partial charge is 0.469 e. The van der Waals surface area contributed by atoms with Crippen LogP contribution in [-0.4, -0.2) is 30.8 Å². The van der Waals surface area contributed by atoms with Crippen LogP contribution < -0.4 is 0 Å². The maximum atomic E-state index is 14.3. The van der Waals surface area contributed by atoms with Crippen molar-refractivity contribution in [3.05, 3.63) is 23.3 Å². The van der Waals surface area contributed by atoms with Gasteiger partial charge in [-0.1, -0.05) is 60.1 Å². The second-order valence-electron chi connectivity index (χ2n) is 15.3. The fraction of sp³-hybridized carbons (Fsp3) is 0.781. The molecule has 3 fully saturated rings. The van der Waals surface area contributed by atoms with E-state index in [1.807, 2.05) is 6.92 Å². The molecule has 7 atom stereocenters. The zero-order valence-corrected chi connectivity index (χ0v) is 24.6. The third-order valence-electron chi connectivity index (χ3n) is 12.6. The van der Waals surface area contributed by atoms with E-state index in [2.05, 4.69) is 27.7 Å². The first-order valence-corrected chi connectivity index (χ1v) is 14.4. The summed E-state index contributed by atoms with van der Waals surface area (Å²) >= 11 is 0. The van der Waals surface area contributed by atoms with Crippen LogP contribution in [-0.2, 0) is 19.1 Å². The van der Waals surface area contributed by atoms with Crippen LogP contribution in [0.3, 0.4) is 0 Å². The molecular formula is C32H43F3O4. The molecule has 0 heterocycles. The molecule has 7 heteroatoms. The van der Waals surface area contributed by atoms with Gasteiger partial charge in [0.05, 0.1) is 18.1 Å². The molecule has 0 spiro atoms. The van der Waals surface area contributed by atoms with E-state index >= 15 is 0 Å². The highest BCUT2D eigenvalue weighted by molar-refractivity contribution is 6.03. The quantitative estimate of drug-likeness (QED) is 0.320. The maximum Gasteiger partial charge on any atom is 0.419 e. The van der Waals surface area contributed by atoms with E-state index in [1.54, 1.807) is 19.9 Å². The van der Waals surface area contributed by atoms with Crippen LogP contribution in [0.4, 0.5) is 13.2 Å². The number of rotatable bonds is 1. The van der Waals surface area contributed by atoms with Crippen LogP contribution in [0, 0.1) is 50.2 Å². The number of methoxy groups -OCH3 is 1. The lowest BCUT2D eigenvalue weighted by atomic mass is 9.34. The Bertz CT molecular complexity index is 1210. The third-order valence-corrected chi connectivity index (χ3v) is 12.6. The highest BCUT2D eigenvalue weighted by Crippen LogP contribution is 2.74. The third kappa shape index (κ3) is 3.52. The lowest BCUT2D eigenvalue weighted by molar-refractivity contribution is -0.191. The molecule has 4 nitrogen and oxygen atoms in total. The monoisotopic (exact) mass is 548 g/mol. The summed E-state index contributed by atoms with van der Waals surface area (Å²) in [5.41, 5.74) is -4.49. The summed E-state index contributed by atoms with van der Waals surface area (Å²) in [5, 5.41) is 0. The molecule has 0 bridgehead atoms. The van der Waals surface area contributed by atoms with E-state index in [0.29, 0.717) is 32.1 Å². The van der Waals surface area contributed by atoms with Crippen molar-refractivity contribution < 1.29 is 32.3 Å². The number of carbonyl (C=O) groups is 3. The number of alkyl halides is 3. The number of esters is 1. The highest BCUT2D eigenvalue weighted by Gasteiger charge is 2.71. The number of halogens is 3. The van der Waals surface area contributed by atoms with Crippen LogP contribution in [0.15, 0.2) is 23.3 Å². The van der Waals surface area contributed by atoms with Gasteiger partial charge in [0.2, 0.25) is 0 Å². The van der Waals surface area contributed by atoms with E-state index in [-0.39, 0.29) is 29.0 Å². The normalized spacial score (nSPS) is 44.6. The molecule has 0 aromatic rings. The number of fused-ring (bicyclic) bond motifs is 7. The molecular weight excluding hydrogens is 505 g/mol. The fourth-order valence-corrected chi connectivity index (χ4v) is 10.3. The number of ether oxygens (including phenoxy) is 1. The average Bonchev–Trinajstić information content (AvgIpc) is 2.81. The summed E-state index contributed by atoms with van der Waals surface area (Å²) in [6, 6.07) is 0. The Hall–Kier alpha value is -1.92. The van der Waals surface area contributed by atoms with Crippen LogP contribution in [0.2, 0.25) is 0 Å². The first-order chi connectivity index (χ1) is 17.7. The van der Waals surface area contributed by atoms with E-state index in [1.165, 1.54) is 7.11 Å².